The molecule has 3 rings (SSSR count). The number of hydrogen-bond acceptors (Lipinski definition) is 2. The molecule has 2 amide bonds. The van der Waals surface area contributed by atoms with Crippen molar-refractivity contribution in [2.45, 2.75) is 33.2 Å². The molecule has 0 bridgehead atoms. The van der Waals surface area contributed by atoms with E-state index in [1.165, 1.54) is 11.1 Å². The van der Waals surface area contributed by atoms with Gasteiger partial charge in [0.05, 0.1) is 0 Å². The Kier molecular flexibility index (Phi) is 4.88. The molecule has 0 aromatic heterocycles. The van der Waals surface area contributed by atoms with Crippen LogP contribution < -0.4 is 4.90 Å². The molecule has 0 N–H and O–H groups in total. The Morgan fingerprint density at radius 1 is 1.16 bits per heavy atom. The molecule has 0 spiro atoms. The summed E-state index contributed by atoms with van der Waals surface area (Å²) in [5.74, 6) is 0.0988. The lowest BCUT2D eigenvalue weighted by Gasteiger charge is -2.21. The van der Waals surface area contributed by atoms with E-state index >= 15 is 0 Å². The molecule has 130 valence electrons. The average Bonchev–Trinajstić information content (AvgIpc) is 3.03. The van der Waals surface area contributed by atoms with Crippen LogP contribution in [0.4, 0.5) is 5.69 Å². The minimum atomic E-state index is -0.0338. The Morgan fingerprint density at radius 2 is 1.96 bits per heavy atom. The van der Waals surface area contributed by atoms with Gasteiger partial charge in [-0.3, -0.25) is 9.59 Å². The van der Waals surface area contributed by atoms with E-state index in [0.717, 1.165) is 24.2 Å². The van der Waals surface area contributed by atoms with Gasteiger partial charge in [-0.25, -0.2) is 0 Å². The van der Waals surface area contributed by atoms with E-state index in [0.29, 0.717) is 18.5 Å². The van der Waals surface area contributed by atoms with Crippen LogP contribution in [0.1, 0.15) is 39.9 Å². The van der Waals surface area contributed by atoms with E-state index in [2.05, 4.69) is 32.0 Å². The van der Waals surface area contributed by atoms with Gasteiger partial charge in [0.2, 0.25) is 5.91 Å². The molecule has 0 aliphatic carbocycles. The summed E-state index contributed by atoms with van der Waals surface area (Å²) in [4.78, 5) is 28.2. The van der Waals surface area contributed by atoms with Crippen LogP contribution in [0.3, 0.4) is 0 Å². The second-order valence-electron chi connectivity index (χ2n) is 6.79. The molecule has 0 unspecified atom stereocenters. The van der Waals surface area contributed by atoms with Crippen LogP contribution in [0, 0.1) is 13.8 Å². The van der Waals surface area contributed by atoms with Crippen LogP contribution in [0.5, 0.6) is 0 Å². The van der Waals surface area contributed by atoms with Crippen molar-refractivity contribution in [1.82, 2.24) is 4.90 Å². The van der Waals surface area contributed by atoms with Crippen molar-refractivity contribution in [3.63, 3.8) is 0 Å². The third-order valence-electron chi connectivity index (χ3n) is 4.73. The molecule has 2 aromatic rings. The summed E-state index contributed by atoms with van der Waals surface area (Å²) in [5.41, 5.74) is 4.99. The Morgan fingerprint density at radius 3 is 2.64 bits per heavy atom. The van der Waals surface area contributed by atoms with E-state index in [1.807, 2.05) is 31.3 Å². The first-order valence-corrected chi connectivity index (χ1v) is 8.68. The van der Waals surface area contributed by atoms with Gasteiger partial charge < -0.3 is 9.80 Å². The summed E-state index contributed by atoms with van der Waals surface area (Å²) in [5, 5.41) is 0. The fourth-order valence-corrected chi connectivity index (χ4v) is 3.30. The zero-order valence-electron chi connectivity index (χ0n) is 15.1. The SMILES string of the molecule is Cc1ccc(CN(C)C(=O)c2cccc(N3CCCC3=O)c2)c(C)c1. The molecular weight excluding hydrogens is 312 g/mol. The molecule has 4 nitrogen and oxygen atoms in total. The first-order chi connectivity index (χ1) is 12.0. The summed E-state index contributed by atoms with van der Waals surface area (Å²) in [6.45, 7) is 5.43. The lowest BCUT2D eigenvalue weighted by atomic mass is 10.0. The molecule has 25 heavy (non-hydrogen) atoms. The highest BCUT2D eigenvalue weighted by Crippen LogP contribution is 2.23. The average molecular weight is 336 g/mol. The van der Waals surface area contributed by atoms with Gasteiger partial charge in [-0.2, -0.15) is 0 Å². The number of carbonyl (C=O) groups excluding carboxylic acids is 2. The quantitative estimate of drug-likeness (QED) is 0.854. The standard InChI is InChI=1S/C21H24N2O2/c1-15-9-10-18(16(2)12-15)14-22(3)21(25)17-6-4-7-19(13-17)23-11-5-8-20(23)24/h4,6-7,9-10,12-13H,5,8,11,14H2,1-3H3. The number of anilines is 1. The van der Waals surface area contributed by atoms with Crippen molar-refractivity contribution >= 4 is 17.5 Å². The molecule has 1 heterocycles. The van der Waals surface area contributed by atoms with E-state index in [9.17, 15) is 9.59 Å². The summed E-state index contributed by atoms with van der Waals surface area (Å²) in [7, 11) is 1.81. The predicted molar refractivity (Wildman–Crippen MR) is 99.7 cm³/mol. The van der Waals surface area contributed by atoms with Crippen LogP contribution in [-0.2, 0) is 11.3 Å². The van der Waals surface area contributed by atoms with Crippen LogP contribution in [0.25, 0.3) is 0 Å². The molecule has 4 heteroatoms. The van der Waals surface area contributed by atoms with Crippen LogP contribution >= 0.6 is 0 Å². The molecule has 0 atom stereocenters. The molecule has 0 radical (unpaired) electrons. The topological polar surface area (TPSA) is 40.6 Å². The minimum absolute atomic E-state index is 0.0338. The summed E-state index contributed by atoms with van der Waals surface area (Å²) in [6.07, 6.45) is 1.47. The number of benzene rings is 2. The number of nitrogens with zero attached hydrogens (tertiary/aromatic N) is 2. The van der Waals surface area contributed by atoms with Gasteiger partial charge in [0.15, 0.2) is 0 Å². The third kappa shape index (κ3) is 3.73. The molecule has 0 saturated carbocycles. The Hall–Kier alpha value is -2.62. The fraction of sp³-hybridized carbons (Fsp3) is 0.333. The minimum Gasteiger partial charge on any atom is -0.337 e. The van der Waals surface area contributed by atoms with Crippen molar-refractivity contribution in [3.8, 4) is 0 Å². The van der Waals surface area contributed by atoms with Gasteiger partial charge >= 0.3 is 0 Å². The maximum Gasteiger partial charge on any atom is 0.253 e. The van der Waals surface area contributed by atoms with E-state index in [4.69, 9.17) is 0 Å². The first kappa shape index (κ1) is 17.2. The Balaban J connectivity index is 1.77. The van der Waals surface area contributed by atoms with Crippen molar-refractivity contribution in [3.05, 3.63) is 64.7 Å². The largest absolute Gasteiger partial charge is 0.337 e. The first-order valence-electron chi connectivity index (χ1n) is 8.68. The number of hydrogen-bond donors (Lipinski definition) is 0. The number of carbonyl (C=O) groups is 2. The van der Waals surface area contributed by atoms with E-state index in [-0.39, 0.29) is 11.8 Å². The highest BCUT2D eigenvalue weighted by Gasteiger charge is 2.22. The zero-order chi connectivity index (χ0) is 18.0. The predicted octanol–water partition coefficient (Wildman–Crippen LogP) is 3.70. The molecule has 1 saturated heterocycles. The summed E-state index contributed by atoms with van der Waals surface area (Å²) in [6, 6.07) is 13.7. The molecule has 1 aliphatic rings. The van der Waals surface area contributed by atoms with E-state index in [1.54, 1.807) is 9.80 Å². The molecule has 1 aliphatic heterocycles. The summed E-state index contributed by atoms with van der Waals surface area (Å²) < 4.78 is 0. The Labute approximate surface area is 149 Å². The fourth-order valence-electron chi connectivity index (χ4n) is 3.30. The van der Waals surface area contributed by atoms with Crippen LogP contribution in [0.15, 0.2) is 42.5 Å². The van der Waals surface area contributed by atoms with Gasteiger partial charge in [0.1, 0.15) is 0 Å². The molecule has 1 fully saturated rings. The van der Waals surface area contributed by atoms with Gasteiger partial charge in [-0.05, 0) is 49.6 Å². The van der Waals surface area contributed by atoms with E-state index < -0.39 is 0 Å². The smallest absolute Gasteiger partial charge is 0.253 e. The van der Waals surface area contributed by atoms with Crippen molar-refractivity contribution in [2.75, 3.05) is 18.5 Å². The number of rotatable bonds is 4. The van der Waals surface area contributed by atoms with Gasteiger partial charge in [-0.15, -0.1) is 0 Å². The van der Waals surface area contributed by atoms with Gasteiger partial charge in [0.25, 0.3) is 5.91 Å². The second kappa shape index (κ2) is 7.09. The Bertz CT molecular complexity index is 813. The normalized spacial score (nSPS) is 14.0. The monoisotopic (exact) mass is 336 g/mol. The van der Waals surface area contributed by atoms with Crippen LogP contribution in [0.2, 0.25) is 0 Å². The highest BCUT2D eigenvalue weighted by molar-refractivity contribution is 5.99. The lowest BCUT2D eigenvalue weighted by Crippen LogP contribution is -2.27. The van der Waals surface area contributed by atoms with Crippen molar-refractivity contribution < 1.29 is 9.59 Å². The van der Waals surface area contributed by atoms with Crippen LogP contribution in [-0.4, -0.2) is 30.3 Å². The number of aryl methyl sites for hydroxylation is 2. The molecular formula is C21H24N2O2. The molecule has 2 aromatic carbocycles. The summed E-state index contributed by atoms with van der Waals surface area (Å²) >= 11 is 0. The second-order valence-corrected chi connectivity index (χ2v) is 6.79. The zero-order valence-corrected chi connectivity index (χ0v) is 15.1. The van der Waals surface area contributed by atoms with Crippen molar-refractivity contribution in [1.29, 1.82) is 0 Å². The van der Waals surface area contributed by atoms with Crippen molar-refractivity contribution in [2.24, 2.45) is 0 Å². The maximum absolute atomic E-state index is 12.8. The number of amides is 2. The highest BCUT2D eigenvalue weighted by atomic mass is 16.2. The van der Waals surface area contributed by atoms with Gasteiger partial charge in [0, 0.05) is 37.8 Å². The maximum atomic E-state index is 12.8. The third-order valence-corrected chi connectivity index (χ3v) is 4.73. The van der Waals surface area contributed by atoms with Gasteiger partial charge in [-0.1, -0.05) is 29.8 Å². The lowest BCUT2D eigenvalue weighted by molar-refractivity contribution is -0.117.